The van der Waals surface area contributed by atoms with E-state index in [0.29, 0.717) is 0 Å². The maximum Gasteiger partial charge on any atom is 0.143 e. The summed E-state index contributed by atoms with van der Waals surface area (Å²) in [6.45, 7) is 6.58. The van der Waals surface area contributed by atoms with Crippen molar-refractivity contribution in [3.05, 3.63) is 48.5 Å². The van der Waals surface area contributed by atoms with Gasteiger partial charge >= 0.3 is 0 Å². The zero-order chi connectivity index (χ0) is 16.7. The number of hydrogen-bond acceptors (Lipinski definition) is 3. The van der Waals surface area contributed by atoms with E-state index in [1.54, 1.807) is 7.11 Å². The number of methoxy groups -OCH3 is 1. The van der Waals surface area contributed by atoms with E-state index in [-0.39, 0.29) is 5.41 Å². The van der Waals surface area contributed by atoms with Crippen LogP contribution < -0.4 is 10.2 Å². The summed E-state index contributed by atoms with van der Waals surface area (Å²) < 4.78 is 5.43. The second-order valence-corrected chi connectivity index (χ2v) is 6.39. The van der Waals surface area contributed by atoms with Crippen LogP contribution in [0.3, 0.4) is 0 Å². The number of benzene rings is 2. The first-order valence-corrected chi connectivity index (χ1v) is 8.09. The molecule has 0 aliphatic carbocycles. The molecule has 0 radical (unpaired) electrons. The fourth-order valence-corrected chi connectivity index (χ4v) is 2.59. The molecule has 0 amide bonds. The summed E-state index contributed by atoms with van der Waals surface area (Å²) in [5, 5.41) is 4.42. The topological polar surface area (TPSA) is 33.6 Å². The minimum Gasteiger partial charge on any atom is -0.495 e. The second kappa shape index (κ2) is 7.82. The van der Waals surface area contributed by atoms with Gasteiger partial charge in [-0.15, -0.1) is 0 Å². The third kappa shape index (κ3) is 4.85. The summed E-state index contributed by atoms with van der Waals surface area (Å²) in [5.41, 5.74) is 6.41. The van der Waals surface area contributed by atoms with Crippen LogP contribution in [-0.4, -0.2) is 13.3 Å². The molecular formula is C20H26N2O. The molecule has 1 N–H and O–H groups in total. The Morgan fingerprint density at radius 3 is 2.48 bits per heavy atom. The van der Waals surface area contributed by atoms with Gasteiger partial charge in [0.25, 0.3) is 0 Å². The highest BCUT2D eigenvalue weighted by Crippen LogP contribution is 2.30. The van der Waals surface area contributed by atoms with Crippen molar-refractivity contribution in [1.82, 2.24) is 0 Å². The molecule has 3 heteroatoms. The fraction of sp³-hybridized carbons (Fsp3) is 0.350. The van der Waals surface area contributed by atoms with Gasteiger partial charge in [-0.1, -0.05) is 63.6 Å². The molecule has 0 fully saturated rings. The number of nitrogens with zero attached hydrogens (tertiary/aromatic N) is 1. The summed E-state index contributed by atoms with van der Waals surface area (Å²) >= 11 is 0. The van der Waals surface area contributed by atoms with Gasteiger partial charge in [-0.05, 0) is 29.7 Å². The molecule has 0 aliphatic heterocycles. The van der Waals surface area contributed by atoms with E-state index in [9.17, 15) is 0 Å². The van der Waals surface area contributed by atoms with Crippen LogP contribution in [0.4, 0.5) is 5.69 Å². The summed E-state index contributed by atoms with van der Waals surface area (Å²) in [7, 11) is 1.67. The van der Waals surface area contributed by atoms with Crippen molar-refractivity contribution in [2.75, 3.05) is 12.5 Å². The highest BCUT2D eigenvalue weighted by Gasteiger charge is 2.13. The van der Waals surface area contributed by atoms with Crippen LogP contribution in [0.2, 0.25) is 0 Å². The molecule has 0 saturated carbocycles. The lowest BCUT2D eigenvalue weighted by Gasteiger charge is -2.18. The predicted octanol–water partition coefficient (Wildman–Crippen LogP) is 5.59. The van der Waals surface area contributed by atoms with Crippen molar-refractivity contribution < 1.29 is 4.74 Å². The minimum absolute atomic E-state index is 0.0893. The maximum atomic E-state index is 5.43. The van der Waals surface area contributed by atoms with E-state index in [2.05, 4.69) is 55.6 Å². The van der Waals surface area contributed by atoms with Crippen molar-refractivity contribution in [2.24, 2.45) is 10.5 Å². The molecular weight excluding hydrogens is 284 g/mol. The van der Waals surface area contributed by atoms with Crippen molar-refractivity contribution in [3.8, 4) is 16.9 Å². The third-order valence-electron chi connectivity index (χ3n) is 3.80. The summed E-state index contributed by atoms with van der Waals surface area (Å²) in [4.78, 5) is 0. The van der Waals surface area contributed by atoms with Gasteiger partial charge in [0.2, 0.25) is 0 Å². The average molecular weight is 310 g/mol. The number of hydrazone groups is 1. The fourth-order valence-electron chi connectivity index (χ4n) is 2.59. The molecule has 2 aromatic carbocycles. The van der Waals surface area contributed by atoms with E-state index in [4.69, 9.17) is 4.74 Å². The molecule has 2 rings (SSSR count). The Kier molecular flexibility index (Phi) is 5.80. The van der Waals surface area contributed by atoms with E-state index in [1.165, 1.54) is 5.56 Å². The number of hydrogen-bond donors (Lipinski definition) is 1. The van der Waals surface area contributed by atoms with E-state index >= 15 is 0 Å². The predicted molar refractivity (Wildman–Crippen MR) is 99.2 cm³/mol. The van der Waals surface area contributed by atoms with Crippen LogP contribution in [0.5, 0.6) is 5.75 Å². The molecule has 0 spiro atoms. The lowest BCUT2D eigenvalue weighted by molar-refractivity contribution is 0.416. The molecule has 122 valence electrons. The minimum atomic E-state index is 0.0893. The highest BCUT2D eigenvalue weighted by atomic mass is 16.5. The molecule has 0 unspecified atom stereocenters. The van der Waals surface area contributed by atoms with Crippen molar-refractivity contribution in [1.29, 1.82) is 0 Å². The first-order valence-electron chi connectivity index (χ1n) is 8.09. The first-order chi connectivity index (χ1) is 11.1. The number of anilines is 1. The Hall–Kier alpha value is -2.29. The monoisotopic (exact) mass is 310 g/mol. The zero-order valence-corrected chi connectivity index (χ0v) is 14.5. The van der Waals surface area contributed by atoms with Crippen LogP contribution in [0, 0.1) is 5.41 Å². The summed E-state index contributed by atoms with van der Waals surface area (Å²) in [6, 6.07) is 16.4. The van der Waals surface area contributed by atoms with Crippen LogP contribution in [0.1, 0.15) is 33.6 Å². The SMILES string of the molecule is CCCC(C)(C)/C=N/Nc1cc(-c2ccccc2)ccc1OC. The Bertz CT molecular complexity index is 648. The van der Waals surface area contributed by atoms with Crippen LogP contribution in [-0.2, 0) is 0 Å². The normalized spacial score (nSPS) is 11.7. The second-order valence-electron chi connectivity index (χ2n) is 6.39. The van der Waals surface area contributed by atoms with Gasteiger partial charge in [0.15, 0.2) is 0 Å². The zero-order valence-electron chi connectivity index (χ0n) is 14.5. The molecule has 3 nitrogen and oxygen atoms in total. The Labute approximate surface area is 139 Å². The first kappa shape index (κ1) is 17.1. The van der Waals surface area contributed by atoms with Gasteiger partial charge < -0.3 is 4.74 Å². The molecule has 23 heavy (non-hydrogen) atoms. The lowest BCUT2D eigenvalue weighted by Crippen LogP contribution is -2.13. The molecule has 0 bridgehead atoms. The Balaban J connectivity index is 2.21. The van der Waals surface area contributed by atoms with Crippen LogP contribution in [0.25, 0.3) is 11.1 Å². The number of ether oxygens (including phenoxy) is 1. The van der Waals surface area contributed by atoms with Gasteiger partial charge in [0.05, 0.1) is 12.8 Å². The van der Waals surface area contributed by atoms with Crippen molar-refractivity contribution in [3.63, 3.8) is 0 Å². The highest BCUT2D eigenvalue weighted by molar-refractivity contribution is 5.73. The largest absolute Gasteiger partial charge is 0.495 e. The van der Waals surface area contributed by atoms with Gasteiger partial charge in [0, 0.05) is 11.6 Å². The van der Waals surface area contributed by atoms with Crippen LogP contribution in [0.15, 0.2) is 53.6 Å². The summed E-state index contributed by atoms with van der Waals surface area (Å²) in [5.74, 6) is 0.787. The van der Waals surface area contributed by atoms with Crippen LogP contribution >= 0.6 is 0 Å². The van der Waals surface area contributed by atoms with E-state index < -0.39 is 0 Å². The molecule has 2 aromatic rings. The van der Waals surface area contributed by atoms with Crippen molar-refractivity contribution >= 4 is 11.9 Å². The number of rotatable bonds is 7. The van der Waals surface area contributed by atoms with E-state index in [0.717, 1.165) is 29.8 Å². The number of nitrogens with one attached hydrogen (secondary N) is 1. The summed E-state index contributed by atoms with van der Waals surface area (Å²) in [6.07, 6.45) is 4.23. The molecule has 0 atom stereocenters. The van der Waals surface area contributed by atoms with Gasteiger partial charge in [-0.3, -0.25) is 5.43 Å². The maximum absolute atomic E-state index is 5.43. The molecule has 0 heterocycles. The Morgan fingerprint density at radius 1 is 1.09 bits per heavy atom. The van der Waals surface area contributed by atoms with Gasteiger partial charge in [0.1, 0.15) is 5.75 Å². The molecule has 0 saturated heterocycles. The third-order valence-corrected chi connectivity index (χ3v) is 3.80. The molecule has 0 aromatic heterocycles. The Morgan fingerprint density at radius 2 is 1.83 bits per heavy atom. The smallest absolute Gasteiger partial charge is 0.143 e. The lowest BCUT2D eigenvalue weighted by atomic mass is 9.90. The molecule has 0 aliphatic rings. The standard InChI is InChI=1S/C20H26N2O/c1-5-13-20(2,3)15-21-22-18-14-17(11-12-19(18)23-4)16-9-7-6-8-10-16/h6-12,14-15,22H,5,13H2,1-4H3/b21-15+. The van der Waals surface area contributed by atoms with Gasteiger partial charge in [-0.2, -0.15) is 5.10 Å². The van der Waals surface area contributed by atoms with E-state index in [1.807, 2.05) is 30.5 Å². The van der Waals surface area contributed by atoms with Crippen molar-refractivity contribution in [2.45, 2.75) is 33.6 Å². The van der Waals surface area contributed by atoms with Gasteiger partial charge in [-0.25, -0.2) is 0 Å². The quantitative estimate of drug-likeness (QED) is 0.534. The average Bonchev–Trinajstić information content (AvgIpc) is 2.55.